The van der Waals surface area contributed by atoms with Gasteiger partial charge in [-0.25, -0.2) is 4.98 Å². The summed E-state index contributed by atoms with van der Waals surface area (Å²) in [4.78, 5) is 19.8. The van der Waals surface area contributed by atoms with Gasteiger partial charge in [0.1, 0.15) is 5.82 Å². The van der Waals surface area contributed by atoms with Gasteiger partial charge in [-0.05, 0) is 30.7 Å². The van der Waals surface area contributed by atoms with Gasteiger partial charge >= 0.3 is 0 Å². The summed E-state index contributed by atoms with van der Waals surface area (Å²) in [5.74, 6) is 2.69. The van der Waals surface area contributed by atoms with E-state index in [0.717, 1.165) is 17.1 Å². The van der Waals surface area contributed by atoms with Crippen LogP contribution in [-0.4, -0.2) is 48.5 Å². The van der Waals surface area contributed by atoms with E-state index in [-0.39, 0.29) is 11.7 Å². The predicted octanol–water partition coefficient (Wildman–Crippen LogP) is 3.32. The Bertz CT molecular complexity index is 887. The number of hydrogen-bond donors (Lipinski definition) is 1. The summed E-state index contributed by atoms with van der Waals surface area (Å²) in [5.41, 5.74) is 0. The van der Waals surface area contributed by atoms with Crippen LogP contribution in [-0.2, 0) is 11.3 Å². The van der Waals surface area contributed by atoms with Crippen molar-refractivity contribution in [2.75, 3.05) is 12.3 Å². The van der Waals surface area contributed by atoms with Crippen molar-refractivity contribution < 1.29 is 9.21 Å². The van der Waals surface area contributed by atoms with Crippen molar-refractivity contribution in [3.05, 3.63) is 29.2 Å². The molecule has 27 heavy (non-hydrogen) atoms. The Morgan fingerprint density at radius 2 is 2.33 bits per heavy atom. The highest BCUT2D eigenvalue weighted by Gasteiger charge is 2.27. The zero-order valence-electron chi connectivity index (χ0n) is 14.9. The number of aromatic amines is 1. The molecule has 1 fully saturated rings. The maximum absolute atomic E-state index is 12.7. The van der Waals surface area contributed by atoms with Crippen molar-refractivity contribution in [1.29, 1.82) is 0 Å². The third-order valence-corrected chi connectivity index (χ3v) is 5.83. The Kier molecular flexibility index (Phi) is 5.53. The normalized spacial score (nSPS) is 13.8. The van der Waals surface area contributed by atoms with E-state index in [1.165, 1.54) is 24.6 Å². The largest absolute Gasteiger partial charge is 0.418 e. The van der Waals surface area contributed by atoms with Gasteiger partial charge in [-0.2, -0.15) is 0 Å². The van der Waals surface area contributed by atoms with Crippen molar-refractivity contribution in [3.8, 4) is 10.8 Å². The molecule has 142 valence electrons. The molecule has 1 saturated carbocycles. The lowest BCUT2D eigenvalue weighted by atomic mass is 10.4. The molecule has 1 N–H and O–H groups in total. The summed E-state index contributed by atoms with van der Waals surface area (Å²) in [6.07, 6.45) is 3.19. The Balaban J connectivity index is 1.35. The molecule has 0 spiro atoms. The molecule has 0 unspecified atom stereocenters. The van der Waals surface area contributed by atoms with Gasteiger partial charge in [-0.15, -0.1) is 26.6 Å². The molecule has 0 atom stereocenters. The molecule has 1 amide bonds. The molecule has 10 heteroatoms. The number of carbonyl (C=O) groups is 1. The second-order valence-electron chi connectivity index (χ2n) is 6.36. The molecule has 0 bridgehead atoms. The molecule has 0 radical (unpaired) electrons. The first-order valence-electron chi connectivity index (χ1n) is 8.92. The van der Waals surface area contributed by atoms with Crippen LogP contribution < -0.4 is 0 Å². The van der Waals surface area contributed by atoms with E-state index in [0.29, 0.717) is 35.9 Å². The number of thiophene rings is 1. The summed E-state index contributed by atoms with van der Waals surface area (Å²) in [6, 6.07) is 3.87. The van der Waals surface area contributed by atoms with E-state index in [1.54, 1.807) is 16.2 Å². The van der Waals surface area contributed by atoms with Gasteiger partial charge in [0.2, 0.25) is 17.0 Å². The fourth-order valence-corrected chi connectivity index (χ4v) is 3.97. The molecule has 4 rings (SSSR count). The highest BCUT2D eigenvalue weighted by atomic mass is 32.2. The lowest BCUT2D eigenvalue weighted by molar-refractivity contribution is -0.129. The SMILES string of the molecule is CCCN(Cc1nnc(-c2cccs2)o1)C(=O)CSc1n[nH]c(C2CC2)n1. The van der Waals surface area contributed by atoms with E-state index in [4.69, 9.17) is 4.42 Å². The van der Waals surface area contributed by atoms with Crippen molar-refractivity contribution in [3.63, 3.8) is 0 Å². The second-order valence-corrected chi connectivity index (χ2v) is 8.25. The number of nitrogens with zero attached hydrogens (tertiary/aromatic N) is 5. The highest BCUT2D eigenvalue weighted by molar-refractivity contribution is 7.99. The number of H-pyrrole nitrogens is 1. The number of hydrogen-bond acceptors (Lipinski definition) is 8. The molecule has 0 saturated heterocycles. The molecule has 1 aliphatic carbocycles. The van der Waals surface area contributed by atoms with Crippen molar-refractivity contribution >= 4 is 29.0 Å². The molecule has 1 aliphatic rings. The number of carbonyl (C=O) groups excluding carboxylic acids is 1. The van der Waals surface area contributed by atoms with Crippen LogP contribution >= 0.6 is 23.1 Å². The molecular formula is C17H20N6O2S2. The van der Waals surface area contributed by atoms with Crippen LogP contribution in [0.3, 0.4) is 0 Å². The summed E-state index contributed by atoms with van der Waals surface area (Å²) in [6.45, 7) is 2.99. The summed E-state index contributed by atoms with van der Waals surface area (Å²) in [5, 5.41) is 17.9. The second kappa shape index (κ2) is 8.22. The fraction of sp³-hybridized carbons (Fsp3) is 0.471. The lowest BCUT2D eigenvalue weighted by Gasteiger charge is -2.19. The van der Waals surface area contributed by atoms with Crippen LogP contribution in [0.5, 0.6) is 0 Å². The summed E-state index contributed by atoms with van der Waals surface area (Å²) < 4.78 is 5.71. The average molecular weight is 405 g/mol. The molecule has 3 aromatic rings. The number of nitrogens with one attached hydrogen (secondary N) is 1. The van der Waals surface area contributed by atoms with E-state index < -0.39 is 0 Å². The monoisotopic (exact) mass is 404 g/mol. The number of rotatable bonds is 9. The van der Waals surface area contributed by atoms with Gasteiger partial charge < -0.3 is 9.32 Å². The van der Waals surface area contributed by atoms with Gasteiger partial charge in [0.25, 0.3) is 5.89 Å². The maximum atomic E-state index is 12.7. The lowest BCUT2D eigenvalue weighted by Crippen LogP contribution is -2.32. The third-order valence-electron chi connectivity index (χ3n) is 4.14. The molecule has 8 nitrogen and oxygen atoms in total. The quantitative estimate of drug-likeness (QED) is 0.546. The minimum absolute atomic E-state index is 0.00972. The smallest absolute Gasteiger partial charge is 0.257 e. The minimum atomic E-state index is 0.00972. The number of thioether (sulfide) groups is 1. The van der Waals surface area contributed by atoms with Gasteiger partial charge in [-0.3, -0.25) is 9.89 Å². The third kappa shape index (κ3) is 4.56. The number of amides is 1. The van der Waals surface area contributed by atoms with E-state index >= 15 is 0 Å². The summed E-state index contributed by atoms with van der Waals surface area (Å²) in [7, 11) is 0. The average Bonchev–Trinajstić information content (AvgIpc) is 3.10. The molecule has 3 heterocycles. The molecular weight excluding hydrogens is 384 g/mol. The molecule has 0 aliphatic heterocycles. The topological polar surface area (TPSA) is 101 Å². The Labute approximate surface area is 164 Å². The maximum Gasteiger partial charge on any atom is 0.257 e. The van der Waals surface area contributed by atoms with Gasteiger partial charge in [0.05, 0.1) is 17.2 Å². The zero-order valence-corrected chi connectivity index (χ0v) is 16.6. The number of aromatic nitrogens is 5. The van der Waals surface area contributed by atoms with Gasteiger partial charge in [0.15, 0.2) is 0 Å². The zero-order chi connectivity index (χ0) is 18.6. The Morgan fingerprint density at radius 1 is 1.44 bits per heavy atom. The van der Waals surface area contributed by atoms with E-state index in [9.17, 15) is 4.79 Å². The first-order valence-corrected chi connectivity index (χ1v) is 10.8. The van der Waals surface area contributed by atoms with E-state index in [1.807, 2.05) is 24.4 Å². The highest BCUT2D eigenvalue weighted by Crippen LogP contribution is 2.38. The van der Waals surface area contributed by atoms with Crippen molar-refractivity contribution in [2.24, 2.45) is 0 Å². The molecule has 0 aromatic carbocycles. The van der Waals surface area contributed by atoms with Crippen molar-refractivity contribution in [2.45, 2.75) is 43.8 Å². The predicted molar refractivity (Wildman–Crippen MR) is 102 cm³/mol. The van der Waals surface area contributed by atoms with Crippen LogP contribution in [0.1, 0.15) is 43.8 Å². The van der Waals surface area contributed by atoms with Crippen LogP contribution in [0.25, 0.3) is 10.8 Å². The van der Waals surface area contributed by atoms with E-state index in [2.05, 4.69) is 25.4 Å². The summed E-state index contributed by atoms with van der Waals surface area (Å²) >= 11 is 2.89. The van der Waals surface area contributed by atoms with Crippen LogP contribution in [0, 0.1) is 0 Å². The standard InChI is InChI=1S/C17H20N6O2S2/c1-2-7-23(9-13-19-21-16(25-13)12-4-3-8-26-12)14(24)10-27-17-18-15(20-22-17)11-5-6-11/h3-4,8,11H,2,5-7,9-10H2,1H3,(H,18,20,22). The molecule has 3 aromatic heterocycles. The Morgan fingerprint density at radius 3 is 3.07 bits per heavy atom. The first kappa shape index (κ1) is 18.2. The van der Waals surface area contributed by atoms with Crippen LogP contribution in [0.4, 0.5) is 0 Å². The van der Waals surface area contributed by atoms with Crippen molar-refractivity contribution in [1.82, 2.24) is 30.3 Å². The Hall–Kier alpha value is -2.20. The fourth-order valence-electron chi connectivity index (χ4n) is 2.62. The first-order chi connectivity index (χ1) is 13.2. The van der Waals surface area contributed by atoms with Crippen LogP contribution in [0.15, 0.2) is 27.1 Å². The van der Waals surface area contributed by atoms with Gasteiger partial charge in [0, 0.05) is 12.5 Å². The van der Waals surface area contributed by atoms with Crippen LogP contribution in [0.2, 0.25) is 0 Å². The van der Waals surface area contributed by atoms with Gasteiger partial charge in [-0.1, -0.05) is 24.8 Å². The minimum Gasteiger partial charge on any atom is -0.418 e.